The van der Waals surface area contributed by atoms with Gasteiger partial charge in [-0.05, 0) is 32.1 Å². The van der Waals surface area contributed by atoms with Crippen LogP contribution < -0.4 is 0 Å². The summed E-state index contributed by atoms with van der Waals surface area (Å²) < 4.78 is 0. The summed E-state index contributed by atoms with van der Waals surface area (Å²) in [5, 5.41) is 0. The van der Waals surface area contributed by atoms with Gasteiger partial charge in [-0.2, -0.15) is 0 Å². The maximum Gasteiger partial charge on any atom is 0.210 e. The zero-order valence-electron chi connectivity index (χ0n) is 7.54. The first-order chi connectivity index (χ1) is 5.92. The van der Waals surface area contributed by atoms with Gasteiger partial charge < -0.3 is 4.90 Å². The summed E-state index contributed by atoms with van der Waals surface area (Å²) in [5.41, 5.74) is 0. The van der Waals surface area contributed by atoms with E-state index in [1.807, 2.05) is 0 Å². The third-order valence-corrected chi connectivity index (χ3v) is 3.36. The Hall–Kier alpha value is -0.530. The van der Waals surface area contributed by atoms with Crippen molar-refractivity contribution in [1.29, 1.82) is 0 Å². The Morgan fingerprint density at radius 1 is 0.917 bits per heavy atom. The van der Waals surface area contributed by atoms with Crippen molar-refractivity contribution in [2.75, 3.05) is 0 Å². The van der Waals surface area contributed by atoms with Gasteiger partial charge in [-0.3, -0.25) is 4.79 Å². The van der Waals surface area contributed by atoms with Gasteiger partial charge in [0.15, 0.2) is 0 Å². The smallest absolute Gasteiger partial charge is 0.210 e. The van der Waals surface area contributed by atoms with E-state index in [2.05, 4.69) is 4.90 Å². The first-order valence-corrected chi connectivity index (χ1v) is 5.14. The fourth-order valence-electron chi connectivity index (χ4n) is 2.70. The Morgan fingerprint density at radius 2 is 1.42 bits per heavy atom. The van der Waals surface area contributed by atoms with Gasteiger partial charge in [0.25, 0.3) is 0 Å². The third-order valence-electron chi connectivity index (χ3n) is 3.36. The molecule has 0 aromatic rings. The van der Waals surface area contributed by atoms with Gasteiger partial charge in [-0.15, -0.1) is 0 Å². The van der Waals surface area contributed by atoms with E-state index >= 15 is 0 Å². The van der Waals surface area contributed by atoms with E-state index in [0.29, 0.717) is 12.1 Å². The molecule has 2 heteroatoms. The molecule has 0 saturated carbocycles. The summed E-state index contributed by atoms with van der Waals surface area (Å²) in [7, 11) is 0. The number of amides is 1. The van der Waals surface area contributed by atoms with Crippen LogP contribution in [0.5, 0.6) is 0 Å². The van der Waals surface area contributed by atoms with Crippen molar-refractivity contribution in [3.05, 3.63) is 0 Å². The Kier molecular flexibility index (Phi) is 2.33. The lowest BCUT2D eigenvalue weighted by molar-refractivity contribution is -0.124. The highest BCUT2D eigenvalue weighted by Crippen LogP contribution is 2.31. The number of hydrogen-bond donors (Lipinski definition) is 0. The molecule has 68 valence electrons. The summed E-state index contributed by atoms with van der Waals surface area (Å²) in [6.07, 6.45) is 10.0. The second-order valence-corrected chi connectivity index (χ2v) is 4.08. The number of hydrogen-bond acceptors (Lipinski definition) is 1. The third kappa shape index (κ3) is 1.35. The zero-order valence-corrected chi connectivity index (χ0v) is 7.54. The fraction of sp³-hybridized carbons (Fsp3) is 0.900. The number of carbonyl (C=O) groups excluding carboxylic acids is 1. The lowest BCUT2D eigenvalue weighted by atomic mass is 9.95. The topological polar surface area (TPSA) is 20.3 Å². The predicted molar refractivity (Wildman–Crippen MR) is 47.8 cm³/mol. The number of nitrogens with zero attached hydrogens (tertiary/aromatic N) is 1. The van der Waals surface area contributed by atoms with Crippen LogP contribution in [0.3, 0.4) is 0 Å². The summed E-state index contributed by atoms with van der Waals surface area (Å²) in [5.74, 6) is 0. The van der Waals surface area contributed by atoms with Crippen molar-refractivity contribution in [2.45, 2.75) is 57.0 Å². The van der Waals surface area contributed by atoms with Gasteiger partial charge in [0.1, 0.15) is 0 Å². The van der Waals surface area contributed by atoms with Crippen LogP contribution >= 0.6 is 0 Å². The van der Waals surface area contributed by atoms with Crippen molar-refractivity contribution in [3.8, 4) is 0 Å². The summed E-state index contributed by atoms with van der Waals surface area (Å²) >= 11 is 0. The molecule has 2 nitrogen and oxygen atoms in total. The molecule has 2 fully saturated rings. The molecule has 2 bridgehead atoms. The molecule has 2 saturated heterocycles. The van der Waals surface area contributed by atoms with Gasteiger partial charge in [-0.1, -0.05) is 12.8 Å². The van der Waals surface area contributed by atoms with Crippen molar-refractivity contribution < 1.29 is 4.79 Å². The number of rotatable bonds is 1. The molecule has 0 aromatic carbocycles. The molecular weight excluding hydrogens is 150 g/mol. The molecule has 0 spiro atoms. The van der Waals surface area contributed by atoms with Gasteiger partial charge in [0.2, 0.25) is 6.41 Å². The quantitative estimate of drug-likeness (QED) is 0.546. The minimum Gasteiger partial charge on any atom is -0.339 e. The molecule has 12 heavy (non-hydrogen) atoms. The van der Waals surface area contributed by atoms with Crippen LogP contribution in [0.1, 0.15) is 44.9 Å². The van der Waals surface area contributed by atoms with Crippen LogP contribution in [-0.4, -0.2) is 23.4 Å². The van der Waals surface area contributed by atoms with Crippen molar-refractivity contribution in [1.82, 2.24) is 4.90 Å². The number of piperidine rings is 1. The van der Waals surface area contributed by atoms with E-state index in [1.54, 1.807) is 0 Å². The monoisotopic (exact) mass is 167 g/mol. The van der Waals surface area contributed by atoms with Crippen LogP contribution in [0.4, 0.5) is 0 Å². The molecule has 0 aliphatic carbocycles. The maximum atomic E-state index is 10.9. The molecule has 0 radical (unpaired) electrons. The normalized spacial score (nSPS) is 35.8. The zero-order chi connectivity index (χ0) is 8.39. The number of fused-ring (bicyclic) bond motifs is 2. The standard InChI is InChI=1S/C10H17NO/c12-8-11-9-4-1-2-5-10(11)7-3-6-9/h8-10H,1-7H2. The van der Waals surface area contributed by atoms with Gasteiger partial charge in [0, 0.05) is 12.1 Å². The Labute approximate surface area is 73.9 Å². The van der Waals surface area contributed by atoms with Crippen LogP contribution in [0, 0.1) is 0 Å². The predicted octanol–water partition coefficient (Wildman–Crippen LogP) is 1.94. The fourth-order valence-corrected chi connectivity index (χ4v) is 2.70. The lowest BCUT2D eigenvalue weighted by Crippen LogP contribution is -2.44. The largest absolute Gasteiger partial charge is 0.339 e. The Balaban J connectivity index is 2.11. The van der Waals surface area contributed by atoms with Gasteiger partial charge >= 0.3 is 0 Å². The summed E-state index contributed by atoms with van der Waals surface area (Å²) in [6.45, 7) is 0. The molecule has 1 amide bonds. The van der Waals surface area contributed by atoms with Crippen LogP contribution in [0.25, 0.3) is 0 Å². The molecule has 2 rings (SSSR count). The minimum atomic E-state index is 0.587. The number of carbonyl (C=O) groups is 1. The average molecular weight is 167 g/mol. The van der Waals surface area contributed by atoms with E-state index in [0.717, 1.165) is 6.41 Å². The van der Waals surface area contributed by atoms with Crippen LogP contribution in [-0.2, 0) is 4.79 Å². The molecule has 2 atom stereocenters. The van der Waals surface area contributed by atoms with Crippen LogP contribution in [0.2, 0.25) is 0 Å². The maximum absolute atomic E-state index is 10.9. The molecule has 2 aliphatic rings. The SMILES string of the molecule is O=CN1C2CCCCC1CCC2. The molecule has 0 N–H and O–H groups in total. The van der Waals surface area contributed by atoms with Crippen molar-refractivity contribution in [3.63, 3.8) is 0 Å². The van der Waals surface area contributed by atoms with Crippen molar-refractivity contribution in [2.24, 2.45) is 0 Å². The van der Waals surface area contributed by atoms with E-state index in [-0.39, 0.29) is 0 Å². The Morgan fingerprint density at radius 3 is 1.92 bits per heavy atom. The molecule has 2 heterocycles. The first kappa shape index (κ1) is 8.09. The van der Waals surface area contributed by atoms with E-state index in [1.165, 1.54) is 44.9 Å². The molecule has 2 aliphatic heterocycles. The van der Waals surface area contributed by atoms with Crippen LogP contribution in [0.15, 0.2) is 0 Å². The summed E-state index contributed by atoms with van der Waals surface area (Å²) in [4.78, 5) is 12.9. The molecule has 2 unspecified atom stereocenters. The van der Waals surface area contributed by atoms with Gasteiger partial charge in [0.05, 0.1) is 0 Å². The second-order valence-electron chi connectivity index (χ2n) is 4.08. The highest BCUT2D eigenvalue weighted by molar-refractivity contribution is 5.49. The van der Waals surface area contributed by atoms with Crippen molar-refractivity contribution >= 4 is 6.41 Å². The lowest BCUT2D eigenvalue weighted by Gasteiger charge is -2.37. The van der Waals surface area contributed by atoms with Gasteiger partial charge in [-0.25, -0.2) is 0 Å². The van der Waals surface area contributed by atoms with E-state index in [9.17, 15) is 4.79 Å². The molecular formula is C10H17NO. The Bertz CT molecular complexity index is 155. The molecule has 0 aromatic heterocycles. The minimum absolute atomic E-state index is 0.587. The first-order valence-electron chi connectivity index (χ1n) is 5.14. The average Bonchev–Trinajstić information content (AvgIpc) is 2.21. The second kappa shape index (κ2) is 3.46. The highest BCUT2D eigenvalue weighted by Gasteiger charge is 2.30. The van der Waals surface area contributed by atoms with E-state index < -0.39 is 0 Å². The highest BCUT2D eigenvalue weighted by atomic mass is 16.1. The van der Waals surface area contributed by atoms with E-state index in [4.69, 9.17) is 0 Å². The summed E-state index contributed by atoms with van der Waals surface area (Å²) in [6, 6.07) is 1.17.